The van der Waals surface area contributed by atoms with Gasteiger partial charge in [-0.2, -0.15) is 4.31 Å². The Kier molecular flexibility index (Phi) is 6.10. The molecule has 2 aromatic rings. The summed E-state index contributed by atoms with van der Waals surface area (Å²) in [5.41, 5.74) is 2.01. The van der Waals surface area contributed by atoms with E-state index >= 15 is 0 Å². The number of nitrogens with one attached hydrogen (secondary N) is 1. The molecule has 29 heavy (non-hydrogen) atoms. The highest BCUT2D eigenvalue weighted by atomic mass is 32.2. The van der Waals surface area contributed by atoms with Gasteiger partial charge < -0.3 is 5.32 Å². The van der Waals surface area contributed by atoms with E-state index in [1.165, 1.54) is 10.4 Å². The molecular weight excluding hydrogens is 391 g/mol. The van der Waals surface area contributed by atoms with Crippen LogP contribution in [0.4, 0.5) is 10.1 Å². The number of aryl methyl sites for hydroxylation is 2. The van der Waals surface area contributed by atoms with Crippen molar-refractivity contribution in [2.24, 2.45) is 11.8 Å². The van der Waals surface area contributed by atoms with Crippen molar-refractivity contribution in [3.63, 3.8) is 0 Å². The molecule has 0 unspecified atom stereocenters. The second-order valence-corrected chi connectivity index (χ2v) is 10.1. The van der Waals surface area contributed by atoms with Gasteiger partial charge in [0.15, 0.2) is 0 Å². The van der Waals surface area contributed by atoms with Crippen LogP contribution < -0.4 is 5.32 Å². The molecule has 0 saturated carbocycles. The van der Waals surface area contributed by atoms with Crippen LogP contribution in [0.3, 0.4) is 0 Å². The van der Waals surface area contributed by atoms with Gasteiger partial charge in [0.05, 0.1) is 10.5 Å². The number of anilines is 1. The lowest BCUT2D eigenvalue weighted by Gasteiger charge is -2.34. The van der Waals surface area contributed by atoms with Gasteiger partial charge in [-0.1, -0.05) is 32.0 Å². The van der Waals surface area contributed by atoms with E-state index in [0.717, 1.165) is 29.7 Å². The third kappa shape index (κ3) is 4.51. The number of carbonyl (C=O) groups excluding carboxylic acids is 1. The van der Waals surface area contributed by atoms with Gasteiger partial charge in [0.2, 0.25) is 10.0 Å². The largest absolute Gasteiger partial charge is 0.321 e. The normalized spacial score (nSPS) is 20.4. The van der Waals surface area contributed by atoms with Crippen LogP contribution in [0.1, 0.15) is 41.8 Å². The van der Waals surface area contributed by atoms with E-state index in [4.69, 9.17) is 0 Å². The predicted octanol–water partition coefficient (Wildman–Crippen LogP) is 4.36. The fourth-order valence-corrected chi connectivity index (χ4v) is 5.69. The van der Waals surface area contributed by atoms with Crippen LogP contribution in [0.25, 0.3) is 0 Å². The third-order valence-electron chi connectivity index (χ3n) is 5.38. The number of halogens is 1. The lowest BCUT2D eigenvalue weighted by molar-refractivity contribution is 0.102. The first-order valence-corrected chi connectivity index (χ1v) is 11.2. The average molecular weight is 419 g/mol. The molecule has 156 valence electrons. The van der Waals surface area contributed by atoms with E-state index in [1.807, 2.05) is 45.9 Å². The van der Waals surface area contributed by atoms with Crippen LogP contribution in [0.2, 0.25) is 0 Å². The van der Waals surface area contributed by atoms with E-state index in [9.17, 15) is 17.6 Å². The van der Waals surface area contributed by atoms with Crippen molar-refractivity contribution >= 4 is 21.6 Å². The minimum absolute atomic E-state index is 0.0631. The number of benzene rings is 2. The molecule has 1 N–H and O–H groups in total. The number of sulfonamides is 1. The summed E-state index contributed by atoms with van der Waals surface area (Å²) in [6.07, 6.45) is 0.971. The molecular formula is C22H27FN2O3S. The number of rotatable bonds is 4. The van der Waals surface area contributed by atoms with Gasteiger partial charge in [-0.3, -0.25) is 4.79 Å². The van der Waals surface area contributed by atoms with Crippen molar-refractivity contribution in [2.75, 3.05) is 18.4 Å². The maximum absolute atomic E-state index is 14.4. The van der Waals surface area contributed by atoms with Crippen LogP contribution in [0.5, 0.6) is 0 Å². The molecule has 1 amide bonds. The van der Waals surface area contributed by atoms with Crippen LogP contribution in [0.15, 0.2) is 41.3 Å². The Labute approximate surface area is 172 Å². The standard InChI is InChI=1S/C22H27FN2O3S/c1-14-10-15(2)13-25(12-14)29(27,28)18-8-9-20(23)19(11-18)22(26)24-21-16(3)6-5-7-17(21)4/h5-9,11,14-15H,10,12-13H2,1-4H3,(H,24,26)/t14-,15-/m0/s1. The Balaban J connectivity index is 1.92. The molecule has 2 aromatic carbocycles. The first-order chi connectivity index (χ1) is 13.6. The van der Waals surface area contributed by atoms with Crippen molar-refractivity contribution in [2.45, 2.75) is 39.0 Å². The summed E-state index contributed by atoms with van der Waals surface area (Å²) < 4.78 is 42.1. The number of piperidine rings is 1. The molecule has 0 aliphatic carbocycles. The Morgan fingerprint density at radius 3 is 2.24 bits per heavy atom. The van der Waals surface area contributed by atoms with E-state index < -0.39 is 21.7 Å². The highest BCUT2D eigenvalue weighted by Crippen LogP contribution is 2.28. The fourth-order valence-electron chi connectivity index (χ4n) is 3.98. The zero-order chi connectivity index (χ0) is 21.3. The third-order valence-corrected chi connectivity index (χ3v) is 7.20. The number of nitrogens with zero attached hydrogens (tertiary/aromatic N) is 1. The summed E-state index contributed by atoms with van der Waals surface area (Å²) in [7, 11) is -3.80. The van der Waals surface area contributed by atoms with Crippen molar-refractivity contribution < 1.29 is 17.6 Å². The van der Waals surface area contributed by atoms with Gasteiger partial charge in [0.1, 0.15) is 5.82 Å². The summed E-state index contributed by atoms with van der Waals surface area (Å²) in [6, 6.07) is 8.97. The minimum atomic E-state index is -3.80. The molecule has 0 aromatic heterocycles. The number of carbonyl (C=O) groups is 1. The molecule has 7 heteroatoms. The highest BCUT2D eigenvalue weighted by Gasteiger charge is 2.32. The summed E-state index contributed by atoms with van der Waals surface area (Å²) >= 11 is 0. The van der Waals surface area contributed by atoms with Crippen LogP contribution in [-0.2, 0) is 10.0 Å². The van der Waals surface area contributed by atoms with E-state index in [2.05, 4.69) is 5.32 Å². The topological polar surface area (TPSA) is 66.5 Å². The summed E-state index contributed by atoms with van der Waals surface area (Å²) in [6.45, 7) is 8.58. The summed E-state index contributed by atoms with van der Waals surface area (Å²) in [5, 5.41) is 2.72. The van der Waals surface area contributed by atoms with E-state index in [1.54, 1.807) is 0 Å². The van der Waals surface area contributed by atoms with Crippen molar-refractivity contribution in [1.29, 1.82) is 0 Å². The van der Waals surface area contributed by atoms with Crippen molar-refractivity contribution in [3.8, 4) is 0 Å². The summed E-state index contributed by atoms with van der Waals surface area (Å²) in [5.74, 6) is -0.924. The predicted molar refractivity (Wildman–Crippen MR) is 112 cm³/mol. The molecule has 1 heterocycles. The minimum Gasteiger partial charge on any atom is -0.321 e. The number of amides is 1. The molecule has 1 aliphatic heterocycles. The number of hydrogen-bond donors (Lipinski definition) is 1. The van der Waals surface area contributed by atoms with E-state index in [-0.39, 0.29) is 22.3 Å². The van der Waals surface area contributed by atoms with Gasteiger partial charge in [0.25, 0.3) is 5.91 Å². The monoisotopic (exact) mass is 418 g/mol. The quantitative estimate of drug-likeness (QED) is 0.802. The molecule has 0 radical (unpaired) electrons. The second kappa shape index (κ2) is 8.24. The molecule has 5 nitrogen and oxygen atoms in total. The van der Waals surface area contributed by atoms with Gasteiger partial charge in [-0.05, 0) is 61.4 Å². The molecule has 0 bridgehead atoms. The Morgan fingerprint density at radius 1 is 1.07 bits per heavy atom. The second-order valence-electron chi connectivity index (χ2n) is 8.13. The lowest BCUT2D eigenvalue weighted by atomic mass is 9.94. The first kappa shape index (κ1) is 21.5. The number of hydrogen-bond acceptors (Lipinski definition) is 3. The van der Waals surface area contributed by atoms with Gasteiger partial charge in [-0.15, -0.1) is 0 Å². The van der Waals surface area contributed by atoms with Crippen molar-refractivity contribution in [1.82, 2.24) is 4.31 Å². The maximum atomic E-state index is 14.4. The number of para-hydroxylation sites is 1. The zero-order valence-corrected chi connectivity index (χ0v) is 18.0. The maximum Gasteiger partial charge on any atom is 0.258 e. The SMILES string of the molecule is Cc1cccc(C)c1NC(=O)c1cc(S(=O)(=O)N2C[C@@H](C)C[C@H](C)C2)ccc1F. The van der Waals surface area contributed by atoms with E-state index in [0.29, 0.717) is 18.8 Å². The molecule has 1 saturated heterocycles. The highest BCUT2D eigenvalue weighted by molar-refractivity contribution is 7.89. The molecule has 1 aliphatic rings. The van der Waals surface area contributed by atoms with Crippen molar-refractivity contribution in [3.05, 3.63) is 58.9 Å². The lowest BCUT2D eigenvalue weighted by Crippen LogP contribution is -2.42. The molecule has 0 spiro atoms. The Bertz CT molecular complexity index is 1010. The molecule has 2 atom stereocenters. The first-order valence-electron chi connectivity index (χ1n) is 9.77. The van der Waals surface area contributed by atoms with Gasteiger partial charge in [-0.25, -0.2) is 12.8 Å². The van der Waals surface area contributed by atoms with Crippen LogP contribution in [0, 0.1) is 31.5 Å². The van der Waals surface area contributed by atoms with Gasteiger partial charge in [0, 0.05) is 18.8 Å². The van der Waals surface area contributed by atoms with Crippen LogP contribution in [-0.4, -0.2) is 31.7 Å². The van der Waals surface area contributed by atoms with Gasteiger partial charge >= 0.3 is 0 Å². The summed E-state index contributed by atoms with van der Waals surface area (Å²) in [4.78, 5) is 12.7. The zero-order valence-electron chi connectivity index (χ0n) is 17.2. The smallest absolute Gasteiger partial charge is 0.258 e. The molecule has 3 rings (SSSR count). The Morgan fingerprint density at radius 2 is 1.66 bits per heavy atom. The fraction of sp³-hybridized carbons (Fsp3) is 0.409. The Hall–Kier alpha value is -2.25. The molecule has 1 fully saturated rings. The van der Waals surface area contributed by atoms with Crippen LogP contribution >= 0.6 is 0 Å². The average Bonchev–Trinajstić information content (AvgIpc) is 2.64.